The molecule has 1 aliphatic heterocycles. The summed E-state index contributed by atoms with van der Waals surface area (Å²) < 4.78 is 0. The Kier molecular flexibility index (Phi) is 6.10. The number of hydrogen-bond donors (Lipinski definition) is 1. The van der Waals surface area contributed by atoms with Crippen molar-refractivity contribution in [3.05, 3.63) is 29.8 Å². The van der Waals surface area contributed by atoms with Gasteiger partial charge in [0.1, 0.15) is 0 Å². The first-order valence-corrected chi connectivity index (χ1v) is 9.64. The van der Waals surface area contributed by atoms with Gasteiger partial charge >= 0.3 is 6.03 Å². The summed E-state index contributed by atoms with van der Waals surface area (Å²) in [5, 5.41) is 3.02. The fourth-order valence-corrected chi connectivity index (χ4v) is 3.75. The smallest absolute Gasteiger partial charge is 0.321 e. The predicted octanol–water partition coefficient (Wildman–Crippen LogP) is 3.77. The van der Waals surface area contributed by atoms with E-state index in [-0.39, 0.29) is 6.03 Å². The molecule has 1 aliphatic rings. The Morgan fingerprint density at radius 1 is 1.40 bits per heavy atom. The fourth-order valence-electron chi connectivity index (χ4n) is 2.50. The van der Waals surface area contributed by atoms with Crippen LogP contribution in [0.5, 0.6) is 0 Å². The van der Waals surface area contributed by atoms with E-state index in [9.17, 15) is 4.79 Å². The van der Waals surface area contributed by atoms with Crippen molar-refractivity contribution >= 4 is 35.2 Å². The number of carbonyl (C=O) groups excluding carboxylic acids is 1. The third-order valence-electron chi connectivity index (χ3n) is 3.46. The minimum atomic E-state index is 0.0369. The summed E-state index contributed by atoms with van der Waals surface area (Å²) in [4.78, 5) is 14.2. The Balaban J connectivity index is 1.90. The van der Waals surface area contributed by atoms with Gasteiger partial charge in [0.05, 0.1) is 0 Å². The molecule has 1 saturated heterocycles. The molecule has 0 unspecified atom stereocenters. The zero-order chi connectivity index (χ0) is 14.4. The number of benzene rings is 1. The van der Waals surface area contributed by atoms with Gasteiger partial charge in [0.15, 0.2) is 0 Å². The number of amides is 2. The van der Waals surface area contributed by atoms with Crippen LogP contribution in [0.4, 0.5) is 10.5 Å². The molecule has 0 bridgehead atoms. The third kappa shape index (κ3) is 4.35. The molecule has 3 nitrogen and oxygen atoms in total. The van der Waals surface area contributed by atoms with Crippen molar-refractivity contribution in [3.8, 4) is 0 Å². The van der Waals surface area contributed by atoms with E-state index >= 15 is 0 Å². The minimum Gasteiger partial charge on any atom is -0.324 e. The molecule has 110 valence electrons. The zero-order valence-corrected chi connectivity index (χ0v) is 13.7. The maximum atomic E-state index is 12.2. The molecule has 1 atom stereocenters. The fraction of sp³-hybridized carbons (Fsp3) is 0.533. The van der Waals surface area contributed by atoms with Crippen molar-refractivity contribution in [1.82, 2.24) is 4.90 Å². The molecule has 1 aromatic carbocycles. The standard InChI is InChI=1S/C15H22N2OS2/c1-19-10-12-4-3-5-14(8-12)16-15(18)17-7-6-13(9-17)11-20-2/h3-5,8,13H,6-7,9-11H2,1-2H3,(H,16,18)/t13-/m1/s1. The molecule has 2 rings (SSSR count). The number of nitrogens with one attached hydrogen (secondary N) is 1. The molecular weight excluding hydrogens is 288 g/mol. The van der Waals surface area contributed by atoms with Crippen LogP contribution in [0.25, 0.3) is 0 Å². The monoisotopic (exact) mass is 310 g/mol. The van der Waals surface area contributed by atoms with Crippen LogP contribution < -0.4 is 5.32 Å². The molecule has 0 aromatic heterocycles. The molecule has 1 heterocycles. The van der Waals surface area contributed by atoms with Crippen LogP contribution in [0.15, 0.2) is 24.3 Å². The zero-order valence-electron chi connectivity index (χ0n) is 12.1. The summed E-state index contributed by atoms with van der Waals surface area (Å²) in [6.45, 7) is 1.76. The van der Waals surface area contributed by atoms with Crippen molar-refractivity contribution in [3.63, 3.8) is 0 Å². The number of urea groups is 1. The van der Waals surface area contributed by atoms with Gasteiger partial charge < -0.3 is 10.2 Å². The van der Waals surface area contributed by atoms with Crippen molar-refractivity contribution < 1.29 is 4.79 Å². The van der Waals surface area contributed by atoms with Gasteiger partial charge in [-0.3, -0.25) is 0 Å². The minimum absolute atomic E-state index is 0.0369. The Morgan fingerprint density at radius 2 is 2.25 bits per heavy atom. The Morgan fingerprint density at radius 3 is 3.00 bits per heavy atom. The lowest BCUT2D eigenvalue weighted by atomic mass is 10.2. The third-order valence-corrected chi connectivity index (χ3v) is 4.89. The molecule has 1 fully saturated rings. The normalized spacial score (nSPS) is 18.3. The van der Waals surface area contributed by atoms with E-state index < -0.39 is 0 Å². The molecule has 1 aromatic rings. The quantitative estimate of drug-likeness (QED) is 0.898. The van der Waals surface area contributed by atoms with Gasteiger partial charge in [-0.05, 0) is 48.3 Å². The Bertz CT molecular complexity index is 453. The maximum absolute atomic E-state index is 12.2. The Hall–Kier alpha value is -0.810. The molecule has 5 heteroatoms. The lowest BCUT2D eigenvalue weighted by Crippen LogP contribution is -2.33. The molecule has 0 saturated carbocycles. The van der Waals surface area contributed by atoms with Gasteiger partial charge in [-0.15, -0.1) is 0 Å². The average Bonchev–Trinajstić information content (AvgIpc) is 2.89. The second-order valence-electron chi connectivity index (χ2n) is 5.12. The summed E-state index contributed by atoms with van der Waals surface area (Å²) in [6, 6.07) is 8.15. The highest BCUT2D eigenvalue weighted by atomic mass is 32.2. The highest BCUT2D eigenvalue weighted by Gasteiger charge is 2.25. The van der Waals surface area contributed by atoms with E-state index in [0.717, 1.165) is 36.7 Å². The Labute approximate surface area is 129 Å². The van der Waals surface area contributed by atoms with Gasteiger partial charge in [0, 0.05) is 24.5 Å². The first-order valence-electron chi connectivity index (χ1n) is 6.85. The van der Waals surface area contributed by atoms with E-state index in [0.29, 0.717) is 5.92 Å². The number of rotatable bonds is 5. The van der Waals surface area contributed by atoms with Crippen LogP contribution in [-0.2, 0) is 5.75 Å². The van der Waals surface area contributed by atoms with Crippen molar-refractivity contribution in [2.45, 2.75) is 12.2 Å². The summed E-state index contributed by atoms with van der Waals surface area (Å²) in [6.07, 6.45) is 5.34. The second-order valence-corrected chi connectivity index (χ2v) is 6.90. The number of carbonyl (C=O) groups is 1. The highest BCUT2D eigenvalue weighted by Crippen LogP contribution is 2.21. The molecule has 0 spiro atoms. The highest BCUT2D eigenvalue weighted by molar-refractivity contribution is 7.98. The number of likely N-dealkylation sites (tertiary alicyclic amines) is 1. The largest absolute Gasteiger partial charge is 0.324 e. The molecule has 2 amide bonds. The molecule has 0 aliphatic carbocycles. The molecular formula is C15H22N2OS2. The summed E-state index contributed by atoms with van der Waals surface area (Å²) >= 11 is 3.65. The van der Waals surface area contributed by atoms with E-state index in [2.05, 4.69) is 30.0 Å². The first-order chi connectivity index (χ1) is 9.72. The van der Waals surface area contributed by atoms with Gasteiger partial charge in [0.2, 0.25) is 0 Å². The van der Waals surface area contributed by atoms with Crippen molar-refractivity contribution in [2.75, 3.05) is 36.7 Å². The van der Waals surface area contributed by atoms with Crippen LogP contribution in [0.2, 0.25) is 0 Å². The summed E-state index contributed by atoms with van der Waals surface area (Å²) in [5.41, 5.74) is 2.15. The van der Waals surface area contributed by atoms with Crippen LogP contribution in [0, 0.1) is 5.92 Å². The molecule has 0 radical (unpaired) electrons. The molecule has 20 heavy (non-hydrogen) atoms. The maximum Gasteiger partial charge on any atom is 0.321 e. The van der Waals surface area contributed by atoms with Crippen LogP contribution in [-0.4, -0.2) is 42.3 Å². The summed E-state index contributed by atoms with van der Waals surface area (Å²) in [5.74, 6) is 2.77. The van der Waals surface area contributed by atoms with Gasteiger partial charge in [-0.2, -0.15) is 23.5 Å². The van der Waals surface area contributed by atoms with Gasteiger partial charge in [0.25, 0.3) is 0 Å². The predicted molar refractivity (Wildman–Crippen MR) is 90.7 cm³/mol. The number of anilines is 1. The lowest BCUT2D eigenvalue weighted by molar-refractivity contribution is 0.221. The average molecular weight is 310 g/mol. The summed E-state index contributed by atoms with van der Waals surface area (Å²) in [7, 11) is 0. The van der Waals surface area contributed by atoms with E-state index in [4.69, 9.17) is 0 Å². The van der Waals surface area contributed by atoms with Crippen molar-refractivity contribution in [2.24, 2.45) is 5.92 Å². The number of nitrogens with zero attached hydrogens (tertiary/aromatic N) is 1. The van der Waals surface area contributed by atoms with E-state index in [1.165, 1.54) is 5.56 Å². The van der Waals surface area contributed by atoms with Gasteiger partial charge in [-0.1, -0.05) is 12.1 Å². The van der Waals surface area contributed by atoms with Crippen LogP contribution in [0.1, 0.15) is 12.0 Å². The van der Waals surface area contributed by atoms with E-state index in [1.54, 1.807) is 11.8 Å². The lowest BCUT2D eigenvalue weighted by Gasteiger charge is -2.17. The van der Waals surface area contributed by atoms with Gasteiger partial charge in [-0.25, -0.2) is 4.79 Å². The van der Waals surface area contributed by atoms with E-state index in [1.807, 2.05) is 28.8 Å². The topological polar surface area (TPSA) is 32.3 Å². The van der Waals surface area contributed by atoms with Crippen LogP contribution in [0.3, 0.4) is 0 Å². The SMILES string of the molecule is CSCc1cccc(NC(=O)N2CC[C@@H](CSC)C2)c1. The number of hydrogen-bond acceptors (Lipinski definition) is 3. The second kappa shape index (κ2) is 7.84. The van der Waals surface area contributed by atoms with Crippen LogP contribution >= 0.6 is 23.5 Å². The molecule has 1 N–H and O–H groups in total. The van der Waals surface area contributed by atoms with Crippen molar-refractivity contribution in [1.29, 1.82) is 0 Å². The number of thioether (sulfide) groups is 2. The first kappa shape index (κ1) is 15.6.